The minimum Gasteiger partial charge on any atom is -0.454 e. The summed E-state index contributed by atoms with van der Waals surface area (Å²) in [4.78, 5) is 16.3. The van der Waals surface area contributed by atoms with Crippen LogP contribution in [0.2, 0.25) is 0 Å². The standard InChI is InChI=1S/C13H9NO2.C8H20N4/c1-8-6-7-11-12(14-8)13(15)9-4-2-3-5-10(9)16-11;1-2-10-5-6-12-8-7-11-4-3-9-1/h2-7H,1H3;9-12H,1-8H2. The molecule has 1 aliphatic heterocycles. The van der Waals surface area contributed by atoms with Gasteiger partial charge in [-0.05, 0) is 31.2 Å². The predicted molar refractivity (Wildman–Crippen MR) is 114 cm³/mol. The van der Waals surface area contributed by atoms with Crippen molar-refractivity contribution >= 4 is 22.1 Å². The van der Waals surface area contributed by atoms with Gasteiger partial charge in [0.05, 0.1) is 5.39 Å². The molecule has 28 heavy (non-hydrogen) atoms. The van der Waals surface area contributed by atoms with Crippen molar-refractivity contribution in [1.29, 1.82) is 0 Å². The van der Waals surface area contributed by atoms with Crippen molar-refractivity contribution in [3.63, 3.8) is 0 Å². The Morgan fingerprint density at radius 1 is 0.750 bits per heavy atom. The van der Waals surface area contributed by atoms with Crippen LogP contribution in [0.1, 0.15) is 5.69 Å². The Kier molecular flexibility index (Phi) is 7.93. The molecular formula is C21H29N5O2. The highest BCUT2D eigenvalue weighted by molar-refractivity contribution is 5.87. The molecule has 4 N–H and O–H groups in total. The van der Waals surface area contributed by atoms with Crippen LogP contribution in [-0.4, -0.2) is 57.3 Å². The van der Waals surface area contributed by atoms with Gasteiger partial charge < -0.3 is 25.7 Å². The topological polar surface area (TPSA) is 91.2 Å². The maximum Gasteiger partial charge on any atom is 0.218 e. The smallest absolute Gasteiger partial charge is 0.218 e. The summed E-state index contributed by atoms with van der Waals surface area (Å²) in [5.41, 5.74) is 2.29. The highest BCUT2D eigenvalue weighted by atomic mass is 16.3. The van der Waals surface area contributed by atoms with Gasteiger partial charge in [-0.2, -0.15) is 0 Å². The van der Waals surface area contributed by atoms with E-state index >= 15 is 0 Å². The third-order valence-corrected chi connectivity index (χ3v) is 4.48. The minimum atomic E-state index is -0.0689. The van der Waals surface area contributed by atoms with Crippen molar-refractivity contribution in [3.8, 4) is 0 Å². The quantitative estimate of drug-likeness (QED) is 0.431. The van der Waals surface area contributed by atoms with Crippen LogP contribution in [0.4, 0.5) is 0 Å². The average Bonchev–Trinajstić information content (AvgIpc) is 2.70. The number of aryl methyl sites for hydroxylation is 1. The number of nitrogens with one attached hydrogen (secondary N) is 4. The molecular weight excluding hydrogens is 354 g/mol. The first kappa shape index (κ1) is 20.4. The lowest BCUT2D eigenvalue weighted by Crippen LogP contribution is -2.39. The van der Waals surface area contributed by atoms with Crippen molar-refractivity contribution < 1.29 is 4.42 Å². The van der Waals surface area contributed by atoms with Crippen molar-refractivity contribution in [2.45, 2.75) is 6.92 Å². The molecule has 3 aromatic rings. The van der Waals surface area contributed by atoms with Crippen LogP contribution in [0.5, 0.6) is 0 Å². The van der Waals surface area contributed by atoms with Gasteiger partial charge in [0.1, 0.15) is 5.58 Å². The molecule has 0 amide bonds. The van der Waals surface area contributed by atoms with E-state index in [9.17, 15) is 4.79 Å². The molecule has 0 aliphatic carbocycles. The minimum absolute atomic E-state index is 0.0689. The summed E-state index contributed by atoms with van der Waals surface area (Å²) in [6.45, 7) is 10.4. The van der Waals surface area contributed by atoms with Crippen LogP contribution < -0.4 is 26.7 Å². The van der Waals surface area contributed by atoms with Gasteiger partial charge in [0.15, 0.2) is 11.1 Å². The van der Waals surface area contributed by atoms with Crippen molar-refractivity contribution in [2.24, 2.45) is 0 Å². The number of pyridine rings is 1. The molecule has 0 radical (unpaired) electrons. The number of hydrogen-bond acceptors (Lipinski definition) is 7. The monoisotopic (exact) mass is 383 g/mol. The number of para-hydroxylation sites is 1. The first-order valence-electron chi connectivity index (χ1n) is 9.88. The molecule has 150 valence electrons. The summed E-state index contributed by atoms with van der Waals surface area (Å²) in [6.07, 6.45) is 0. The maximum atomic E-state index is 12.1. The number of nitrogens with zero attached hydrogens (tertiary/aromatic N) is 1. The van der Waals surface area contributed by atoms with E-state index in [0.717, 1.165) is 58.1 Å². The Balaban J connectivity index is 0.000000169. The van der Waals surface area contributed by atoms with Crippen LogP contribution >= 0.6 is 0 Å². The maximum absolute atomic E-state index is 12.1. The molecule has 0 atom stereocenters. The number of rotatable bonds is 0. The molecule has 1 aromatic carbocycles. The Hall–Kier alpha value is -2.32. The largest absolute Gasteiger partial charge is 0.454 e. The molecule has 7 nitrogen and oxygen atoms in total. The first-order chi connectivity index (χ1) is 13.8. The number of fused-ring (bicyclic) bond motifs is 2. The van der Waals surface area contributed by atoms with Crippen molar-refractivity contribution in [3.05, 3.63) is 52.3 Å². The molecule has 0 saturated carbocycles. The lowest BCUT2D eigenvalue weighted by atomic mass is 10.2. The van der Waals surface area contributed by atoms with Gasteiger partial charge in [-0.1, -0.05) is 12.1 Å². The number of benzene rings is 1. The second-order valence-corrected chi connectivity index (χ2v) is 6.73. The Morgan fingerprint density at radius 2 is 1.29 bits per heavy atom. The number of aromatic nitrogens is 1. The first-order valence-corrected chi connectivity index (χ1v) is 9.88. The van der Waals surface area contributed by atoms with Gasteiger partial charge in [0.25, 0.3) is 0 Å². The summed E-state index contributed by atoms with van der Waals surface area (Å²) in [5, 5.41) is 14.0. The molecule has 3 heterocycles. The predicted octanol–water partition coefficient (Wildman–Crippen LogP) is 1.01. The average molecular weight is 383 g/mol. The van der Waals surface area contributed by atoms with E-state index in [4.69, 9.17) is 4.42 Å². The number of hydrogen-bond donors (Lipinski definition) is 4. The third-order valence-electron chi connectivity index (χ3n) is 4.48. The van der Waals surface area contributed by atoms with Gasteiger partial charge >= 0.3 is 0 Å². The van der Waals surface area contributed by atoms with Crippen molar-refractivity contribution in [1.82, 2.24) is 26.3 Å². The molecule has 4 rings (SSSR count). The van der Waals surface area contributed by atoms with Gasteiger partial charge in [0.2, 0.25) is 5.43 Å². The van der Waals surface area contributed by atoms with Gasteiger partial charge in [-0.15, -0.1) is 0 Å². The molecule has 0 spiro atoms. The van der Waals surface area contributed by atoms with Crippen LogP contribution in [-0.2, 0) is 0 Å². The summed E-state index contributed by atoms with van der Waals surface area (Å²) in [5.74, 6) is 0. The molecule has 2 aromatic heterocycles. The molecule has 1 saturated heterocycles. The normalized spacial score (nSPS) is 16.6. The van der Waals surface area contributed by atoms with E-state index in [0.29, 0.717) is 22.1 Å². The fourth-order valence-corrected chi connectivity index (χ4v) is 2.99. The molecule has 0 unspecified atom stereocenters. The van der Waals surface area contributed by atoms with E-state index in [1.54, 1.807) is 18.2 Å². The lowest BCUT2D eigenvalue weighted by molar-refractivity contribution is 0.534. The zero-order valence-corrected chi connectivity index (χ0v) is 16.4. The highest BCUT2D eigenvalue weighted by Crippen LogP contribution is 2.16. The molecule has 1 fully saturated rings. The second-order valence-electron chi connectivity index (χ2n) is 6.73. The second kappa shape index (κ2) is 10.9. The Morgan fingerprint density at radius 3 is 1.86 bits per heavy atom. The lowest BCUT2D eigenvalue weighted by Gasteiger charge is -2.11. The molecule has 1 aliphatic rings. The zero-order valence-electron chi connectivity index (χ0n) is 16.4. The Bertz CT molecular complexity index is 898. The van der Waals surface area contributed by atoms with Gasteiger partial charge in [0, 0.05) is 58.1 Å². The summed E-state index contributed by atoms with van der Waals surface area (Å²) in [6, 6.07) is 10.8. The van der Waals surface area contributed by atoms with Crippen LogP contribution in [0, 0.1) is 6.92 Å². The Labute approximate surface area is 164 Å². The van der Waals surface area contributed by atoms with Crippen molar-refractivity contribution in [2.75, 3.05) is 52.4 Å². The fraction of sp³-hybridized carbons (Fsp3) is 0.429. The van der Waals surface area contributed by atoms with E-state index in [1.807, 2.05) is 25.1 Å². The van der Waals surface area contributed by atoms with Gasteiger partial charge in [-0.3, -0.25) is 4.79 Å². The van der Waals surface area contributed by atoms with E-state index in [1.165, 1.54) is 0 Å². The molecule has 7 heteroatoms. The van der Waals surface area contributed by atoms with Crippen LogP contribution in [0.3, 0.4) is 0 Å². The van der Waals surface area contributed by atoms with Crippen LogP contribution in [0.25, 0.3) is 22.1 Å². The fourth-order valence-electron chi connectivity index (χ4n) is 2.99. The SMILES string of the molecule is C1CNCCNCCNCCN1.Cc1ccc2oc3ccccc3c(=O)c2n1. The molecule has 0 bridgehead atoms. The highest BCUT2D eigenvalue weighted by Gasteiger charge is 2.07. The zero-order chi connectivity index (χ0) is 19.6. The summed E-state index contributed by atoms with van der Waals surface area (Å²) < 4.78 is 5.62. The summed E-state index contributed by atoms with van der Waals surface area (Å²) >= 11 is 0. The van der Waals surface area contributed by atoms with E-state index in [-0.39, 0.29) is 5.43 Å². The third kappa shape index (κ3) is 5.84. The van der Waals surface area contributed by atoms with Crippen LogP contribution in [0.15, 0.2) is 45.6 Å². The van der Waals surface area contributed by atoms with E-state index in [2.05, 4.69) is 26.3 Å². The van der Waals surface area contributed by atoms with E-state index < -0.39 is 0 Å². The summed E-state index contributed by atoms with van der Waals surface area (Å²) in [7, 11) is 0. The van der Waals surface area contributed by atoms with Gasteiger partial charge in [-0.25, -0.2) is 4.98 Å².